The highest BCUT2D eigenvalue weighted by atomic mass is 19.4. The summed E-state index contributed by atoms with van der Waals surface area (Å²) in [6.07, 6.45) is -3.53. The number of rotatable bonds is 4. The second kappa shape index (κ2) is 7.14. The number of hydrogen-bond acceptors (Lipinski definition) is 3. The number of halogens is 3. The summed E-state index contributed by atoms with van der Waals surface area (Å²) in [5.41, 5.74) is 0.506. The van der Waals surface area contributed by atoms with E-state index >= 15 is 0 Å². The molecule has 1 amide bonds. The smallest absolute Gasteiger partial charge is 0.326 e. The van der Waals surface area contributed by atoms with E-state index in [9.17, 15) is 22.8 Å². The van der Waals surface area contributed by atoms with Gasteiger partial charge in [-0.3, -0.25) is 18.8 Å². The van der Waals surface area contributed by atoms with E-state index < -0.39 is 17.3 Å². The van der Waals surface area contributed by atoms with Gasteiger partial charge in [0.2, 0.25) is 5.91 Å². The Bertz CT molecular complexity index is 1090. The number of aromatic nitrogens is 3. The van der Waals surface area contributed by atoms with Gasteiger partial charge in [0.15, 0.2) is 5.65 Å². The summed E-state index contributed by atoms with van der Waals surface area (Å²) < 4.78 is 42.0. The Labute approximate surface area is 158 Å². The number of nitrogens with one attached hydrogen (secondary N) is 1. The molecule has 28 heavy (non-hydrogen) atoms. The predicted molar refractivity (Wildman–Crippen MR) is 99.1 cm³/mol. The number of fused-ring (bicyclic) bond motifs is 1. The Morgan fingerprint density at radius 1 is 1.21 bits per heavy atom. The third-order valence-corrected chi connectivity index (χ3v) is 4.50. The molecule has 1 N–H and O–H groups in total. The molecule has 2 aromatic heterocycles. The maximum atomic E-state index is 13.2. The lowest BCUT2D eigenvalue weighted by Gasteiger charge is -2.13. The van der Waals surface area contributed by atoms with Crippen molar-refractivity contribution in [2.45, 2.75) is 33.0 Å². The number of alkyl halides is 3. The normalized spacial score (nSPS) is 11.8. The summed E-state index contributed by atoms with van der Waals surface area (Å²) in [4.78, 5) is 24.6. The Balaban J connectivity index is 1.88. The van der Waals surface area contributed by atoms with Gasteiger partial charge in [0.25, 0.3) is 5.56 Å². The van der Waals surface area contributed by atoms with Crippen LogP contribution >= 0.6 is 0 Å². The van der Waals surface area contributed by atoms with Crippen molar-refractivity contribution in [2.24, 2.45) is 7.05 Å². The quantitative estimate of drug-likeness (QED) is 0.740. The van der Waals surface area contributed by atoms with Gasteiger partial charge in [-0.15, -0.1) is 0 Å². The van der Waals surface area contributed by atoms with Crippen molar-refractivity contribution in [3.63, 3.8) is 0 Å². The number of hydrogen-bond donors (Lipinski definition) is 1. The van der Waals surface area contributed by atoms with Crippen LogP contribution in [0.4, 0.5) is 18.9 Å². The number of benzene rings is 1. The Morgan fingerprint density at radius 2 is 1.86 bits per heavy atom. The van der Waals surface area contributed by atoms with E-state index in [0.717, 1.165) is 15.7 Å². The van der Waals surface area contributed by atoms with Gasteiger partial charge in [-0.05, 0) is 25.0 Å². The number of carbonyl (C=O) groups excluding carboxylic acids is 1. The third kappa shape index (κ3) is 3.78. The molecule has 0 saturated heterocycles. The second-order valence-corrected chi connectivity index (χ2v) is 6.65. The number of amides is 1. The standard InChI is InChI=1S/C19H19F3N4O2/c1-11-5-4-6-12(2)17(11)23-15(27)7-8-26-16(28)9-14(19(20,21)22)13-10-25(3)24-18(13)26/h4-6,9-10H,7-8H2,1-3H3,(H,23,27). The minimum absolute atomic E-state index is 0.0787. The van der Waals surface area contributed by atoms with Gasteiger partial charge in [-0.2, -0.15) is 18.3 Å². The molecule has 6 nitrogen and oxygen atoms in total. The first-order valence-electron chi connectivity index (χ1n) is 8.58. The number of anilines is 1. The molecular weight excluding hydrogens is 373 g/mol. The number of nitrogens with zero attached hydrogens (tertiary/aromatic N) is 3. The van der Waals surface area contributed by atoms with Crippen LogP contribution in [0, 0.1) is 13.8 Å². The molecule has 3 aromatic rings. The van der Waals surface area contributed by atoms with Crippen molar-refractivity contribution in [3.8, 4) is 0 Å². The van der Waals surface area contributed by atoms with Gasteiger partial charge in [0, 0.05) is 43.4 Å². The highest BCUT2D eigenvalue weighted by molar-refractivity contribution is 5.92. The zero-order valence-corrected chi connectivity index (χ0v) is 15.6. The summed E-state index contributed by atoms with van der Waals surface area (Å²) in [5.74, 6) is -0.340. The molecule has 0 aliphatic heterocycles. The van der Waals surface area contributed by atoms with E-state index in [1.165, 1.54) is 17.9 Å². The summed E-state index contributed by atoms with van der Waals surface area (Å²) in [6.45, 7) is 3.64. The molecule has 0 aliphatic carbocycles. The van der Waals surface area contributed by atoms with Gasteiger partial charge >= 0.3 is 6.18 Å². The van der Waals surface area contributed by atoms with Crippen LogP contribution in [0.5, 0.6) is 0 Å². The third-order valence-electron chi connectivity index (χ3n) is 4.50. The lowest BCUT2D eigenvalue weighted by Crippen LogP contribution is -2.25. The van der Waals surface area contributed by atoms with Gasteiger partial charge < -0.3 is 5.32 Å². The SMILES string of the molecule is Cc1cccc(C)c1NC(=O)CCn1c(=O)cc(C(F)(F)F)c2cn(C)nc21. The van der Waals surface area contributed by atoms with Crippen LogP contribution in [-0.4, -0.2) is 20.3 Å². The molecule has 9 heteroatoms. The van der Waals surface area contributed by atoms with Crippen molar-refractivity contribution >= 4 is 22.6 Å². The molecule has 0 atom stereocenters. The van der Waals surface area contributed by atoms with Crippen LogP contribution in [0.3, 0.4) is 0 Å². The van der Waals surface area contributed by atoms with Crippen LogP contribution in [0.1, 0.15) is 23.1 Å². The summed E-state index contributed by atoms with van der Waals surface area (Å²) >= 11 is 0. The minimum Gasteiger partial charge on any atom is -0.326 e. The first kappa shape index (κ1) is 19.7. The van der Waals surface area contributed by atoms with Crippen LogP contribution in [0.25, 0.3) is 11.0 Å². The molecule has 2 heterocycles. The lowest BCUT2D eigenvalue weighted by molar-refractivity contribution is -0.136. The van der Waals surface area contributed by atoms with Gasteiger partial charge in [-0.1, -0.05) is 18.2 Å². The summed E-state index contributed by atoms with van der Waals surface area (Å²) in [5, 5.41) is 6.61. The number of para-hydroxylation sites is 1. The largest absolute Gasteiger partial charge is 0.417 e. The topological polar surface area (TPSA) is 68.9 Å². The van der Waals surface area contributed by atoms with Crippen molar-refractivity contribution in [3.05, 3.63) is 57.5 Å². The van der Waals surface area contributed by atoms with E-state index in [2.05, 4.69) is 10.4 Å². The Kier molecular flexibility index (Phi) is 5.01. The van der Waals surface area contributed by atoms with Crippen LogP contribution < -0.4 is 10.9 Å². The molecule has 0 bridgehead atoms. The summed E-state index contributed by atoms with van der Waals surface area (Å²) in [6, 6.07) is 6.15. The van der Waals surface area contributed by atoms with Gasteiger partial charge in [0.1, 0.15) is 0 Å². The van der Waals surface area contributed by atoms with Crippen LogP contribution in [0.15, 0.2) is 35.3 Å². The van der Waals surface area contributed by atoms with E-state index in [0.29, 0.717) is 11.8 Å². The van der Waals surface area contributed by atoms with Gasteiger partial charge in [-0.25, -0.2) is 0 Å². The zero-order chi connectivity index (χ0) is 20.6. The van der Waals surface area contributed by atoms with E-state index in [1.54, 1.807) is 0 Å². The molecular formula is C19H19F3N4O2. The second-order valence-electron chi connectivity index (χ2n) is 6.65. The van der Waals surface area contributed by atoms with Crippen LogP contribution in [-0.2, 0) is 24.6 Å². The highest BCUT2D eigenvalue weighted by Crippen LogP contribution is 2.33. The van der Waals surface area contributed by atoms with E-state index in [1.807, 2.05) is 32.0 Å². The first-order chi connectivity index (χ1) is 13.1. The maximum Gasteiger partial charge on any atom is 0.417 e. The summed E-state index contributed by atoms with van der Waals surface area (Å²) in [7, 11) is 1.47. The van der Waals surface area contributed by atoms with Crippen molar-refractivity contribution < 1.29 is 18.0 Å². The van der Waals surface area contributed by atoms with E-state index in [-0.39, 0.29) is 29.9 Å². The van der Waals surface area contributed by atoms with Crippen LogP contribution in [0.2, 0.25) is 0 Å². The fourth-order valence-corrected chi connectivity index (χ4v) is 3.13. The minimum atomic E-state index is -4.67. The van der Waals surface area contributed by atoms with Crippen molar-refractivity contribution in [1.29, 1.82) is 0 Å². The maximum absolute atomic E-state index is 13.2. The molecule has 0 unspecified atom stereocenters. The highest BCUT2D eigenvalue weighted by Gasteiger charge is 2.34. The average Bonchev–Trinajstić information content (AvgIpc) is 2.97. The zero-order valence-electron chi connectivity index (χ0n) is 15.6. The Morgan fingerprint density at radius 3 is 2.46 bits per heavy atom. The van der Waals surface area contributed by atoms with E-state index in [4.69, 9.17) is 0 Å². The number of aryl methyl sites for hydroxylation is 4. The monoisotopic (exact) mass is 392 g/mol. The fraction of sp³-hybridized carbons (Fsp3) is 0.316. The molecule has 0 radical (unpaired) electrons. The average molecular weight is 392 g/mol. The molecule has 0 saturated carbocycles. The molecule has 0 aliphatic rings. The fourth-order valence-electron chi connectivity index (χ4n) is 3.13. The molecule has 0 fully saturated rings. The number of carbonyl (C=O) groups is 1. The predicted octanol–water partition coefficient (Wildman–Crippen LogP) is 3.40. The van der Waals surface area contributed by atoms with Crippen molar-refractivity contribution in [2.75, 3.05) is 5.32 Å². The van der Waals surface area contributed by atoms with Gasteiger partial charge in [0.05, 0.1) is 5.56 Å². The molecule has 0 spiro atoms. The molecule has 148 valence electrons. The molecule has 3 rings (SSSR count). The lowest BCUT2D eigenvalue weighted by atomic mass is 10.1. The Hall–Kier alpha value is -3.10. The number of pyridine rings is 1. The van der Waals surface area contributed by atoms with Crippen molar-refractivity contribution in [1.82, 2.24) is 14.3 Å². The molecule has 1 aromatic carbocycles. The first-order valence-corrected chi connectivity index (χ1v) is 8.58.